The van der Waals surface area contributed by atoms with Gasteiger partial charge >= 0.3 is 0 Å². The summed E-state index contributed by atoms with van der Waals surface area (Å²) in [5.41, 5.74) is 4.32. The van der Waals surface area contributed by atoms with Gasteiger partial charge in [0.1, 0.15) is 0 Å². The lowest BCUT2D eigenvalue weighted by atomic mass is 10.1. The van der Waals surface area contributed by atoms with Crippen molar-refractivity contribution in [2.24, 2.45) is 0 Å². The molecule has 2 N–H and O–H groups in total. The van der Waals surface area contributed by atoms with E-state index >= 15 is 0 Å². The van der Waals surface area contributed by atoms with Crippen molar-refractivity contribution in [2.45, 2.75) is 13.5 Å². The Balaban J connectivity index is 1.56. The quantitative estimate of drug-likeness (QED) is 0.300. The second-order valence-corrected chi connectivity index (χ2v) is 7.47. The molecule has 0 radical (unpaired) electrons. The van der Waals surface area contributed by atoms with Crippen LogP contribution in [0.25, 0.3) is 12.2 Å². The second-order valence-electron chi connectivity index (χ2n) is 7.47. The van der Waals surface area contributed by atoms with Crippen molar-refractivity contribution in [3.8, 4) is 0 Å². The van der Waals surface area contributed by atoms with Crippen molar-refractivity contribution in [1.29, 1.82) is 0 Å². The molecule has 1 aromatic heterocycles. The van der Waals surface area contributed by atoms with Gasteiger partial charge in [-0.25, -0.2) is 10.5 Å². The molecular weight excluding hydrogens is 408 g/mol. The van der Waals surface area contributed by atoms with E-state index in [0.717, 1.165) is 44.4 Å². The molecule has 32 heavy (non-hydrogen) atoms. The van der Waals surface area contributed by atoms with Crippen LogP contribution in [-0.4, -0.2) is 63.8 Å². The van der Waals surface area contributed by atoms with Crippen LogP contribution in [0.5, 0.6) is 0 Å². The van der Waals surface area contributed by atoms with E-state index in [-0.39, 0.29) is 11.7 Å². The van der Waals surface area contributed by atoms with Gasteiger partial charge in [0, 0.05) is 51.3 Å². The summed E-state index contributed by atoms with van der Waals surface area (Å²) in [6.45, 7) is 5.56. The maximum absolute atomic E-state index is 12.5. The van der Waals surface area contributed by atoms with Crippen molar-refractivity contribution in [3.63, 3.8) is 0 Å². The van der Waals surface area contributed by atoms with E-state index in [1.165, 1.54) is 17.6 Å². The Morgan fingerprint density at radius 3 is 2.19 bits per heavy atom. The average molecular weight is 434 g/mol. The number of aromatic nitrogens is 1. The molecule has 8 heteroatoms. The fraction of sp³-hybridized carbons (Fsp3) is 0.250. The molecule has 3 rings (SSSR count). The normalized spacial score (nSPS) is 14.8. The number of carbonyl (C=O) groups is 3. The number of amides is 2. The number of carbonyl (C=O) groups excluding carboxylic acids is 3. The van der Waals surface area contributed by atoms with Crippen LogP contribution >= 0.6 is 0 Å². The summed E-state index contributed by atoms with van der Waals surface area (Å²) < 4.78 is 0. The molecule has 2 heterocycles. The zero-order valence-corrected chi connectivity index (χ0v) is 17.9. The zero-order valence-electron chi connectivity index (χ0n) is 17.9. The van der Waals surface area contributed by atoms with Gasteiger partial charge in [0.2, 0.25) is 5.91 Å². The van der Waals surface area contributed by atoms with E-state index in [1.807, 2.05) is 29.2 Å². The molecule has 1 aromatic carbocycles. The molecule has 166 valence electrons. The van der Waals surface area contributed by atoms with Gasteiger partial charge < -0.3 is 4.90 Å². The molecule has 1 saturated heterocycles. The number of nitrogens with one attached hydrogen (secondary N) is 1. The maximum atomic E-state index is 12.5. The van der Waals surface area contributed by atoms with Crippen LogP contribution in [0.3, 0.4) is 0 Å². The monoisotopic (exact) mass is 434 g/mol. The van der Waals surface area contributed by atoms with Crippen LogP contribution in [0.4, 0.5) is 0 Å². The first kappa shape index (κ1) is 23.1. The summed E-state index contributed by atoms with van der Waals surface area (Å²) in [5.74, 6) is -0.660. The fourth-order valence-corrected chi connectivity index (χ4v) is 3.36. The van der Waals surface area contributed by atoms with E-state index in [1.54, 1.807) is 31.2 Å². The van der Waals surface area contributed by atoms with Crippen LogP contribution < -0.4 is 5.48 Å². The predicted molar refractivity (Wildman–Crippen MR) is 121 cm³/mol. The molecule has 0 unspecified atom stereocenters. The van der Waals surface area contributed by atoms with Crippen LogP contribution in [0.1, 0.15) is 34.2 Å². The molecule has 0 saturated carbocycles. The highest BCUT2D eigenvalue weighted by Crippen LogP contribution is 2.12. The van der Waals surface area contributed by atoms with Gasteiger partial charge in [-0.1, -0.05) is 30.3 Å². The van der Waals surface area contributed by atoms with Gasteiger partial charge in [0.15, 0.2) is 5.78 Å². The highest BCUT2D eigenvalue weighted by molar-refractivity contribution is 6.06. The third-order valence-corrected chi connectivity index (χ3v) is 5.18. The molecule has 1 aliphatic heterocycles. The Kier molecular flexibility index (Phi) is 8.02. The van der Waals surface area contributed by atoms with Crippen molar-refractivity contribution < 1.29 is 19.6 Å². The van der Waals surface area contributed by atoms with Crippen molar-refractivity contribution >= 4 is 29.7 Å². The lowest BCUT2D eigenvalue weighted by molar-refractivity contribution is -0.130. The number of hydrogen-bond donors (Lipinski definition) is 2. The van der Waals surface area contributed by atoms with E-state index in [0.29, 0.717) is 17.0 Å². The molecule has 1 fully saturated rings. The fourth-order valence-electron chi connectivity index (χ4n) is 3.36. The van der Waals surface area contributed by atoms with Gasteiger partial charge in [-0.2, -0.15) is 0 Å². The molecule has 0 aliphatic carbocycles. The Hall–Kier alpha value is -3.62. The Morgan fingerprint density at radius 1 is 0.969 bits per heavy atom. The third-order valence-electron chi connectivity index (χ3n) is 5.18. The van der Waals surface area contributed by atoms with E-state index in [4.69, 9.17) is 5.21 Å². The van der Waals surface area contributed by atoms with Gasteiger partial charge in [-0.05, 0) is 35.9 Å². The molecular formula is C24H26N4O4. The lowest BCUT2D eigenvalue weighted by Crippen LogP contribution is -2.47. The first-order valence-corrected chi connectivity index (χ1v) is 10.3. The number of hydroxylamine groups is 1. The highest BCUT2D eigenvalue weighted by atomic mass is 16.5. The molecule has 8 nitrogen and oxygen atoms in total. The third kappa shape index (κ3) is 6.69. The zero-order chi connectivity index (χ0) is 22.9. The van der Waals surface area contributed by atoms with E-state index in [9.17, 15) is 14.4 Å². The standard InChI is InChI=1S/C24H26N4O4/c1-18(29)28-15-13-27(14-16-28)17-19-5-7-20(8-6-19)23(30)11-9-21-3-2-4-22(25-21)10-12-24(31)26-32/h2-12,32H,13-17H2,1H3,(H,26,31)/b11-9+,12-10+. The smallest absolute Gasteiger partial charge is 0.267 e. The Morgan fingerprint density at radius 2 is 1.59 bits per heavy atom. The molecule has 0 spiro atoms. The summed E-state index contributed by atoms with van der Waals surface area (Å²) in [6.07, 6.45) is 5.70. The average Bonchev–Trinajstić information content (AvgIpc) is 2.82. The maximum Gasteiger partial charge on any atom is 0.267 e. The molecule has 2 amide bonds. The number of ketones is 1. The number of pyridine rings is 1. The molecule has 0 atom stereocenters. The number of rotatable bonds is 7. The van der Waals surface area contributed by atoms with Crippen LogP contribution in [0.15, 0.2) is 54.6 Å². The molecule has 2 aromatic rings. The first-order chi connectivity index (χ1) is 15.4. The van der Waals surface area contributed by atoms with Crippen molar-refractivity contribution in [3.05, 3.63) is 77.1 Å². The van der Waals surface area contributed by atoms with E-state index in [2.05, 4.69) is 9.88 Å². The lowest BCUT2D eigenvalue weighted by Gasteiger charge is -2.34. The largest absolute Gasteiger partial charge is 0.340 e. The minimum atomic E-state index is -0.648. The SMILES string of the molecule is CC(=O)N1CCN(Cc2ccc(C(=O)/C=C/c3cccc(/C=C/C(=O)NO)n3)cc2)CC1. The number of benzene rings is 1. The summed E-state index contributed by atoms with van der Waals surface area (Å²) >= 11 is 0. The summed E-state index contributed by atoms with van der Waals surface area (Å²) in [6, 6.07) is 12.8. The second kappa shape index (κ2) is 11.1. The Labute approximate surface area is 186 Å². The minimum absolute atomic E-state index is 0.119. The topological polar surface area (TPSA) is 103 Å². The summed E-state index contributed by atoms with van der Waals surface area (Å²) in [4.78, 5) is 43.5. The van der Waals surface area contributed by atoms with Gasteiger partial charge in [-0.3, -0.25) is 24.5 Å². The van der Waals surface area contributed by atoms with Crippen molar-refractivity contribution in [1.82, 2.24) is 20.3 Å². The number of hydrogen-bond acceptors (Lipinski definition) is 6. The van der Waals surface area contributed by atoms with Gasteiger partial charge in [0.05, 0.1) is 11.4 Å². The van der Waals surface area contributed by atoms with E-state index < -0.39 is 5.91 Å². The Bertz CT molecular complexity index is 1020. The van der Waals surface area contributed by atoms with Crippen LogP contribution in [-0.2, 0) is 16.1 Å². The van der Waals surface area contributed by atoms with Crippen LogP contribution in [0.2, 0.25) is 0 Å². The van der Waals surface area contributed by atoms with Gasteiger partial charge in [-0.15, -0.1) is 0 Å². The molecule has 1 aliphatic rings. The number of nitrogens with zero attached hydrogens (tertiary/aromatic N) is 3. The summed E-state index contributed by atoms with van der Waals surface area (Å²) in [5, 5.41) is 8.51. The van der Waals surface area contributed by atoms with Gasteiger partial charge in [0.25, 0.3) is 5.91 Å². The van der Waals surface area contributed by atoms with Crippen molar-refractivity contribution in [2.75, 3.05) is 26.2 Å². The molecule has 0 bridgehead atoms. The van der Waals surface area contributed by atoms with Crippen LogP contribution in [0, 0.1) is 0 Å². The number of piperazine rings is 1. The predicted octanol–water partition coefficient (Wildman–Crippen LogP) is 2.16. The first-order valence-electron chi connectivity index (χ1n) is 10.3. The summed E-state index contributed by atoms with van der Waals surface area (Å²) in [7, 11) is 0. The number of allylic oxidation sites excluding steroid dienone is 1. The highest BCUT2D eigenvalue weighted by Gasteiger charge is 2.18. The minimum Gasteiger partial charge on any atom is -0.340 e.